The summed E-state index contributed by atoms with van der Waals surface area (Å²) in [5.74, 6) is 19.9. The average molecular weight is 539 g/mol. The van der Waals surface area contributed by atoms with Crippen molar-refractivity contribution < 1.29 is 19.4 Å². The van der Waals surface area contributed by atoms with E-state index in [1.165, 1.54) is 38.5 Å². The van der Waals surface area contributed by atoms with Crippen molar-refractivity contribution in [1.82, 2.24) is 9.80 Å². The Morgan fingerprint density at radius 1 is 0.750 bits per heavy atom. The maximum absolute atomic E-state index is 10.7. The van der Waals surface area contributed by atoms with Gasteiger partial charge in [-0.25, -0.2) is 4.79 Å². The number of hydrogen-bond donors (Lipinski definition) is 1. The monoisotopic (exact) mass is 538 g/mol. The Bertz CT molecular complexity index is 1280. The van der Waals surface area contributed by atoms with Crippen LogP contribution in [0.1, 0.15) is 60.8 Å². The highest BCUT2D eigenvalue weighted by atomic mass is 16.5. The molecule has 0 aliphatic carbocycles. The Morgan fingerprint density at radius 3 is 1.77 bits per heavy atom. The lowest BCUT2D eigenvalue weighted by molar-refractivity contribution is -0.139. The predicted octanol–water partition coefficient (Wildman–Crippen LogP) is 4.56. The van der Waals surface area contributed by atoms with Crippen LogP contribution in [0, 0.1) is 42.4 Å². The van der Waals surface area contributed by atoms with Gasteiger partial charge in [-0.2, -0.15) is 0 Å². The first-order chi connectivity index (χ1) is 19.5. The number of nitrogens with zero attached hydrogens (tertiary/aromatic N) is 2. The number of aryl methyl sites for hydroxylation is 1. The lowest BCUT2D eigenvalue weighted by Crippen LogP contribution is -2.29. The molecule has 0 bridgehead atoms. The van der Waals surface area contributed by atoms with Gasteiger partial charge in [-0.1, -0.05) is 48.4 Å². The molecule has 2 aliphatic rings. The highest BCUT2D eigenvalue weighted by Gasteiger charge is 2.09. The minimum absolute atomic E-state index is 0.218. The quantitative estimate of drug-likeness (QED) is 0.522. The summed E-state index contributed by atoms with van der Waals surface area (Å²) in [6, 6.07) is 11.4. The summed E-state index contributed by atoms with van der Waals surface area (Å²) in [7, 11) is 0. The number of likely N-dealkylation sites (tertiary alicyclic amines) is 2. The number of carboxylic acids is 1. The fourth-order valence-corrected chi connectivity index (χ4v) is 4.86. The highest BCUT2D eigenvalue weighted by Crippen LogP contribution is 2.23. The van der Waals surface area contributed by atoms with Gasteiger partial charge in [0.2, 0.25) is 0 Å². The maximum Gasteiger partial charge on any atom is 0.341 e. The number of piperidine rings is 2. The third-order valence-corrected chi connectivity index (χ3v) is 6.94. The van der Waals surface area contributed by atoms with Crippen molar-refractivity contribution in [1.29, 1.82) is 0 Å². The Balaban J connectivity index is 1.42. The SMILES string of the molecule is Cc1cc(OCC#Cc2cc(C#CCN3CCCCC3)cc(C#CCN3CCCCC3)c2)ccc1OCC(=O)O. The van der Waals surface area contributed by atoms with E-state index in [0.717, 1.165) is 61.5 Å². The number of hydrogen-bond acceptors (Lipinski definition) is 5. The molecule has 0 saturated carbocycles. The van der Waals surface area contributed by atoms with Crippen molar-refractivity contribution in [3.8, 4) is 47.0 Å². The Hall–Kier alpha value is -3.89. The summed E-state index contributed by atoms with van der Waals surface area (Å²) in [5, 5.41) is 8.80. The number of carbonyl (C=O) groups is 1. The van der Waals surface area contributed by atoms with Crippen LogP contribution in [-0.4, -0.2) is 73.4 Å². The first-order valence-electron chi connectivity index (χ1n) is 14.2. The van der Waals surface area contributed by atoms with E-state index in [0.29, 0.717) is 11.5 Å². The van der Waals surface area contributed by atoms with Crippen molar-refractivity contribution in [2.24, 2.45) is 0 Å². The van der Waals surface area contributed by atoms with Crippen LogP contribution in [0.2, 0.25) is 0 Å². The molecule has 0 aromatic heterocycles. The molecule has 0 unspecified atom stereocenters. The Kier molecular flexibility index (Phi) is 11.4. The molecule has 40 heavy (non-hydrogen) atoms. The van der Waals surface area contributed by atoms with Crippen LogP contribution in [0.5, 0.6) is 11.5 Å². The van der Waals surface area contributed by atoms with Crippen molar-refractivity contribution in [3.05, 3.63) is 58.7 Å². The van der Waals surface area contributed by atoms with E-state index >= 15 is 0 Å². The molecule has 2 heterocycles. The fraction of sp³-hybridized carbons (Fsp3) is 0.441. The highest BCUT2D eigenvalue weighted by molar-refractivity contribution is 5.68. The van der Waals surface area contributed by atoms with Crippen LogP contribution in [-0.2, 0) is 4.79 Å². The summed E-state index contributed by atoms with van der Waals surface area (Å²) in [4.78, 5) is 15.6. The molecule has 0 atom stereocenters. The Labute approximate surface area is 238 Å². The number of benzene rings is 2. The Morgan fingerprint density at radius 2 is 1.27 bits per heavy atom. The van der Waals surface area contributed by atoms with E-state index in [1.54, 1.807) is 12.1 Å². The standard InChI is InChI=1S/C34H38N2O4/c1-28-23-32(14-15-33(28)40-27-34(37)38)39-22-10-13-31-25-29(11-8-20-35-16-4-2-5-17-35)24-30(26-31)12-9-21-36-18-6-3-7-19-36/h14-15,23-26H,2-7,16-22,27H2,1H3,(H,37,38). The van der Waals surface area contributed by atoms with E-state index < -0.39 is 5.97 Å². The molecule has 2 saturated heterocycles. The lowest BCUT2D eigenvalue weighted by Gasteiger charge is -2.23. The van der Waals surface area contributed by atoms with E-state index in [1.807, 2.05) is 25.1 Å². The van der Waals surface area contributed by atoms with E-state index in [9.17, 15) is 4.79 Å². The first-order valence-corrected chi connectivity index (χ1v) is 14.2. The number of carboxylic acid groups (broad SMARTS) is 1. The number of aliphatic carboxylic acids is 1. The third-order valence-electron chi connectivity index (χ3n) is 6.94. The number of ether oxygens (including phenoxy) is 2. The van der Waals surface area contributed by atoms with Crippen LogP contribution in [0.4, 0.5) is 0 Å². The molecule has 0 radical (unpaired) electrons. The van der Waals surface area contributed by atoms with Gasteiger partial charge in [0.15, 0.2) is 6.61 Å². The molecule has 4 rings (SSSR count). The zero-order valence-corrected chi connectivity index (χ0v) is 23.4. The van der Waals surface area contributed by atoms with Gasteiger partial charge in [0, 0.05) is 16.7 Å². The van der Waals surface area contributed by atoms with Gasteiger partial charge in [-0.05, 0) is 101 Å². The molecule has 2 aromatic carbocycles. The normalized spacial score (nSPS) is 15.4. The van der Waals surface area contributed by atoms with E-state index in [-0.39, 0.29) is 13.2 Å². The van der Waals surface area contributed by atoms with Crippen molar-refractivity contribution in [2.75, 3.05) is 52.5 Å². The van der Waals surface area contributed by atoms with Crippen molar-refractivity contribution in [2.45, 2.75) is 45.4 Å². The van der Waals surface area contributed by atoms with Crippen LogP contribution in [0.3, 0.4) is 0 Å². The molecule has 0 amide bonds. The van der Waals surface area contributed by atoms with Crippen LogP contribution < -0.4 is 9.47 Å². The minimum Gasteiger partial charge on any atom is -0.482 e. The summed E-state index contributed by atoms with van der Waals surface area (Å²) in [6.07, 6.45) is 7.67. The first kappa shape index (κ1) is 29.1. The van der Waals surface area contributed by atoms with E-state index in [2.05, 4.69) is 51.4 Å². The summed E-state index contributed by atoms with van der Waals surface area (Å²) in [6.45, 7) is 7.79. The summed E-state index contributed by atoms with van der Waals surface area (Å²) >= 11 is 0. The van der Waals surface area contributed by atoms with Gasteiger partial charge in [-0.15, -0.1) is 0 Å². The van der Waals surface area contributed by atoms with Crippen LogP contribution in [0.25, 0.3) is 0 Å². The topological polar surface area (TPSA) is 62.2 Å². The zero-order chi connectivity index (χ0) is 28.0. The summed E-state index contributed by atoms with van der Waals surface area (Å²) < 4.78 is 11.1. The van der Waals surface area contributed by atoms with Gasteiger partial charge < -0.3 is 14.6 Å². The van der Waals surface area contributed by atoms with Gasteiger partial charge in [-0.3, -0.25) is 9.80 Å². The van der Waals surface area contributed by atoms with Gasteiger partial charge in [0.1, 0.15) is 18.1 Å². The smallest absolute Gasteiger partial charge is 0.341 e. The predicted molar refractivity (Wildman–Crippen MR) is 157 cm³/mol. The molecule has 0 spiro atoms. The molecule has 2 fully saturated rings. The largest absolute Gasteiger partial charge is 0.482 e. The molecular weight excluding hydrogens is 500 g/mol. The lowest BCUT2D eigenvalue weighted by atomic mass is 10.1. The van der Waals surface area contributed by atoms with E-state index in [4.69, 9.17) is 14.6 Å². The second-order valence-electron chi connectivity index (χ2n) is 10.3. The van der Waals surface area contributed by atoms with Gasteiger partial charge in [0.05, 0.1) is 13.1 Å². The minimum atomic E-state index is -1.01. The fourth-order valence-electron chi connectivity index (χ4n) is 4.86. The van der Waals surface area contributed by atoms with Gasteiger partial charge in [0.25, 0.3) is 0 Å². The molecule has 2 aromatic rings. The van der Waals surface area contributed by atoms with Crippen molar-refractivity contribution in [3.63, 3.8) is 0 Å². The maximum atomic E-state index is 10.7. The number of rotatable bonds is 7. The third kappa shape index (κ3) is 10.0. The second-order valence-corrected chi connectivity index (χ2v) is 10.3. The van der Waals surface area contributed by atoms with Crippen LogP contribution >= 0.6 is 0 Å². The molecule has 6 heteroatoms. The van der Waals surface area contributed by atoms with Crippen molar-refractivity contribution >= 4 is 5.97 Å². The van der Waals surface area contributed by atoms with Gasteiger partial charge >= 0.3 is 5.97 Å². The molecule has 1 N–H and O–H groups in total. The zero-order valence-electron chi connectivity index (χ0n) is 23.4. The molecular formula is C34H38N2O4. The summed E-state index contributed by atoms with van der Waals surface area (Å²) in [5.41, 5.74) is 3.53. The molecule has 208 valence electrons. The second kappa shape index (κ2) is 15.6. The average Bonchev–Trinajstić information content (AvgIpc) is 2.96. The van der Waals surface area contributed by atoms with Crippen LogP contribution in [0.15, 0.2) is 36.4 Å². The molecule has 6 nitrogen and oxygen atoms in total. The molecule has 2 aliphatic heterocycles.